The van der Waals surface area contributed by atoms with Crippen LogP contribution in [-0.2, 0) is 9.47 Å². The highest BCUT2D eigenvalue weighted by atomic mass is 16.5. The second-order valence-electron chi connectivity index (χ2n) is 5.31. The number of anilines is 2. The lowest BCUT2D eigenvalue weighted by Crippen LogP contribution is -2.37. The van der Waals surface area contributed by atoms with Gasteiger partial charge >= 0.3 is 0 Å². The minimum atomic E-state index is 0.716. The Morgan fingerprint density at radius 1 is 0.682 bits per heavy atom. The quantitative estimate of drug-likeness (QED) is 0.773. The standard InChI is InChI=1S/C14H18N6O2/c1-5-21-6-2-19(1)13-15-9-12-11(17-13)10-16-14(18-12)20-3-7-22-8-4-20/h9-10H,1-8H2. The lowest BCUT2D eigenvalue weighted by Gasteiger charge is -2.27. The molecule has 8 heteroatoms. The molecule has 116 valence electrons. The van der Waals surface area contributed by atoms with Crippen molar-refractivity contribution in [3.63, 3.8) is 0 Å². The fourth-order valence-electron chi connectivity index (χ4n) is 2.65. The van der Waals surface area contributed by atoms with Crippen molar-refractivity contribution in [1.82, 2.24) is 19.9 Å². The molecule has 8 nitrogen and oxygen atoms in total. The zero-order chi connectivity index (χ0) is 14.8. The number of ether oxygens (including phenoxy) is 2. The summed E-state index contributed by atoms with van der Waals surface area (Å²) < 4.78 is 10.7. The summed E-state index contributed by atoms with van der Waals surface area (Å²) in [4.78, 5) is 22.3. The summed E-state index contributed by atoms with van der Waals surface area (Å²) in [5.41, 5.74) is 1.54. The van der Waals surface area contributed by atoms with Crippen molar-refractivity contribution in [1.29, 1.82) is 0 Å². The third kappa shape index (κ3) is 2.67. The lowest BCUT2D eigenvalue weighted by molar-refractivity contribution is 0.122. The van der Waals surface area contributed by atoms with E-state index in [0.29, 0.717) is 26.4 Å². The molecule has 0 unspecified atom stereocenters. The lowest BCUT2D eigenvalue weighted by atomic mass is 10.4. The zero-order valence-corrected chi connectivity index (χ0v) is 12.3. The number of nitrogens with zero attached hydrogens (tertiary/aromatic N) is 6. The molecular formula is C14H18N6O2. The SMILES string of the molecule is c1nc(N2CCOCC2)nc2cnc(N3CCOCC3)nc12. The van der Waals surface area contributed by atoms with Crippen molar-refractivity contribution in [2.75, 3.05) is 62.4 Å². The third-order valence-corrected chi connectivity index (χ3v) is 3.90. The molecule has 22 heavy (non-hydrogen) atoms. The molecule has 0 spiro atoms. The molecular weight excluding hydrogens is 284 g/mol. The molecule has 0 aromatic carbocycles. The van der Waals surface area contributed by atoms with Crippen LogP contribution in [0.15, 0.2) is 12.4 Å². The highest BCUT2D eigenvalue weighted by Crippen LogP contribution is 2.17. The van der Waals surface area contributed by atoms with E-state index in [1.54, 1.807) is 12.4 Å². The van der Waals surface area contributed by atoms with Gasteiger partial charge in [-0.05, 0) is 0 Å². The normalized spacial score (nSPS) is 19.6. The Bertz CT molecular complexity index is 598. The van der Waals surface area contributed by atoms with Gasteiger partial charge in [0.05, 0.1) is 38.8 Å². The maximum atomic E-state index is 5.35. The number of morpholine rings is 2. The van der Waals surface area contributed by atoms with Crippen molar-refractivity contribution < 1.29 is 9.47 Å². The molecule has 0 saturated carbocycles. The van der Waals surface area contributed by atoms with Gasteiger partial charge < -0.3 is 19.3 Å². The molecule has 2 aromatic rings. The highest BCUT2D eigenvalue weighted by Gasteiger charge is 2.17. The molecule has 2 fully saturated rings. The summed E-state index contributed by atoms with van der Waals surface area (Å²) in [6.07, 6.45) is 3.55. The average molecular weight is 302 g/mol. The minimum Gasteiger partial charge on any atom is -0.378 e. The van der Waals surface area contributed by atoms with E-state index in [2.05, 4.69) is 29.7 Å². The number of fused-ring (bicyclic) bond motifs is 1. The maximum Gasteiger partial charge on any atom is 0.226 e. The van der Waals surface area contributed by atoms with E-state index in [0.717, 1.165) is 49.1 Å². The average Bonchev–Trinajstić information content (AvgIpc) is 2.62. The molecule has 2 aromatic heterocycles. The van der Waals surface area contributed by atoms with Crippen LogP contribution in [0.1, 0.15) is 0 Å². The van der Waals surface area contributed by atoms with Gasteiger partial charge in [0, 0.05) is 26.2 Å². The van der Waals surface area contributed by atoms with Gasteiger partial charge in [-0.2, -0.15) is 0 Å². The van der Waals surface area contributed by atoms with Crippen LogP contribution in [0, 0.1) is 0 Å². The van der Waals surface area contributed by atoms with E-state index >= 15 is 0 Å². The van der Waals surface area contributed by atoms with E-state index in [-0.39, 0.29) is 0 Å². The first-order chi connectivity index (χ1) is 10.9. The van der Waals surface area contributed by atoms with E-state index in [4.69, 9.17) is 9.47 Å². The van der Waals surface area contributed by atoms with Gasteiger partial charge in [-0.1, -0.05) is 0 Å². The Balaban J connectivity index is 1.61. The number of aromatic nitrogens is 4. The topological polar surface area (TPSA) is 76.5 Å². The van der Waals surface area contributed by atoms with Gasteiger partial charge in [0.2, 0.25) is 11.9 Å². The van der Waals surface area contributed by atoms with Crippen molar-refractivity contribution in [3.05, 3.63) is 12.4 Å². The smallest absolute Gasteiger partial charge is 0.226 e. The van der Waals surface area contributed by atoms with Gasteiger partial charge in [0.25, 0.3) is 0 Å². The largest absolute Gasteiger partial charge is 0.378 e. The molecule has 2 aliphatic heterocycles. The van der Waals surface area contributed by atoms with E-state index in [1.807, 2.05) is 0 Å². The Hall–Kier alpha value is -2.06. The van der Waals surface area contributed by atoms with Crippen LogP contribution < -0.4 is 9.80 Å². The molecule has 4 rings (SSSR count). The van der Waals surface area contributed by atoms with E-state index in [9.17, 15) is 0 Å². The minimum absolute atomic E-state index is 0.716. The number of rotatable bonds is 2. The zero-order valence-electron chi connectivity index (χ0n) is 12.3. The molecule has 0 atom stereocenters. The van der Waals surface area contributed by atoms with Crippen molar-refractivity contribution in [2.45, 2.75) is 0 Å². The molecule has 0 bridgehead atoms. The van der Waals surface area contributed by atoms with Crippen molar-refractivity contribution in [3.8, 4) is 0 Å². The Kier molecular flexibility index (Phi) is 3.69. The van der Waals surface area contributed by atoms with Gasteiger partial charge in [0.15, 0.2) is 0 Å². The Morgan fingerprint density at radius 2 is 1.09 bits per heavy atom. The highest BCUT2D eigenvalue weighted by molar-refractivity contribution is 5.74. The van der Waals surface area contributed by atoms with Crippen LogP contribution in [0.4, 0.5) is 11.9 Å². The van der Waals surface area contributed by atoms with Gasteiger partial charge in [-0.3, -0.25) is 0 Å². The summed E-state index contributed by atoms with van der Waals surface area (Å²) in [6, 6.07) is 0. The van der Waals surface area contributed by atoms with Gasteiger partial charge in [-0.25, -0.2) is 19.9 Å². The molecule has 0 N–H and O–H groups in total. The Labute approximate surface area is 128 Å². The monoisotopic (exact) mass is 302 g/mol. The van der Waals surface area contributed by atoms with Gasteiger partial charge in [0.1, 0.15) is 11.0 Å². The molecule has 2 aliphatic rings. The van der Waals surface area contributed by atoms with Crippen LogP contribution in [-0.4, -0.2) is 72.5 Å². The molecule has 2 saturated heterocycles. The number of hydrogen-bond donors (Lipinski definition) is 0. The predicted molar refractivity (Wildman–Crippen MR) is 81.2 cm³/mol. The third-order valence-electron chi connectivity index (χ3n) is 3.90. The molecule has 0 amide bonds. The summed E-state index contributed by atoms with van der Waals surface area (Å²) in [7, 11) is 0. The van der Waals surface area contributed by atoms with Crippen LogP contribution in [0.5, 0.6) is 0 Å². The first kappa shape index (κ1) is 13.6. The Morgan fingerprint density at radius 3 is 1.50 bits per heavy atom. The molecule has 0 radical (unpaired) electrons. The van der Waals surface area contributed by atoms with Crippen molar-refractivity contribution in [2.24, 2.45) is 0 Å². The molecule has 0 aliphatic carbocycles. The first-order valence-electron chi connectivity index (χ1n) is 7.55. The van der Waals surface area contributed by atoms with Crippen molar-refractivity contribution >= 4 is 22.9 Å². The van der Waals surface area contributed by atoms with Crippen LogP contribution in [0.2, 0.25) is 0 Å². The maximum absolute atomic E-state index is 5.35. The van der Waals surface area contributed by atoms with Crippen LogP contribution in [0.25, 0.3) is 11.0 Å². The van der Waals surface area contributed by atoms with E-state index in [1.165, 1.54) is 0 Å². The summed E-state index contributed by atoms with van der Waals surface area (Å²) >= 11 is 0. The fourth-order valence-corrected chi connectivity index (χ4v) is 2.65. The second-order valence-corrected chi connectivity index (χ2v) is 5.31. The summed E-state index contributed by atoms with van der Waals surface area (Å²) in [5, 5.41) is 0. The first-order valence-corrected chi connectivity index (χ1v) is 7.55. The summed E-state index contributed by atoms with van der Waals surface area (Å²) in [5.74, 6) is 1.44. The summed E-state index contributed by atoms with van der Waals surface area (Å²) in [6.45, 7) is 6.14. The van der Waals surface area contributed by atoms with Crippen LogP contribution >= 0.6 is 0 Å². The fraction of sp³-hybridized carbons (Fsp3) is 0.571. The van der Waals surface area contributed by atoms with Gasteiger partial charge in [-0.15, -0.1) is 0 Å². The number of hydrogen-bond acceptors (Lipinski definition) is 8. The van der Waals surface area contributed by atoms with Crippen LogP contribution in [0.3, 0.4) is 0 Å². The van der Waals surface area contributed by atoms with E-state index < -0.39 is 0 Å². The second kappa shape index (κ2) is 5.98. The molecule has 4 heterocycles. The predicted octanol–water partition coefficient (Wildman–Crippen LogP) is 0.0930.